The van der Waals surface area contributed by atoms with Crippen LogP contribution in [0.3, 0.4) is 0 Å². The van der Waals surface area contributed by atoms with Gasteiger partial charge in [-0.1, -0.05) is 43.5 Å². The maximum Gasteiger partial charge on any atom is 0.416 e. The van der Waals surface area contributed by atoms with Gasteiger partial charge in [-0.25, -0.2) is 4.79 Å². The Morgan fingerprint density at radius 1 is 0.875 bits per heavy atom. The molecule has 3 amide bonds. The van der Waals surface area contributed by atoms with Crippen LogP contribution in [-0.4, -0.2) is 24.4 Å². The van der Waals surface area contributed by atoms with E-state index in [-0.39, 0.29) is 29.6 Å². The van der Waals surface area contributed by atoms with E-state index in [1.54, 1.807) is 24.3 Å². The third kappa shape index (κ3) is 6.09. The molecule has 0 heterocycles. The molecule has 0 saturated heterocycles. The second kappa shape index (κ2) is 10.3. The largest absolute Gasteiger partial charge is 0.416 e. The number of benzene rings is 2. The number of amides is 3. The van der Waals surface area contributed by atoms with Crippen molar-refractivity contribution >= 4 is 23.4 Å². The minimum atomic E-state index is -4.52. The number of ketones is 1. The predicted octanol–water partition coefficient (Wildman–Crippen LogP) is 4.98. The molecular formula is C23H24F3N3O3. The van der Waals surface area contributed by atoms with Gasteiger partial charge in [0, 0.05) is 17.2 Å². The van der Waals surface area contributed by atoms with E-state index < -0.39 is 23.7 Å². The second-order valence-corrected chi connectivity index (χ2v) is 7.64. The van der Waals surface area contributed by atoms with Crippen molar-refractivity contribution < 1.29 is 27.6 Å². The molecule has 0 atom stereocenters. The lowest BCUT2D eigenvalue weighted by atomic mass is 9.83. The zero-order valence-electron chi connectivity index (χ0n) is 17.3. The van der Waals surface area contributed by atoms with Gasteiger partial charge in [0.05, 0.1) is 17.8 Å². The van der Waals surface area contributed by atoms with E-state index in [9.17, 15) is 27.6 Å². The predicted molar refractivity (Wildman–Crippen MR) is 113 cm³/mol. The summed E-state index contributed by atoms with van der Waals surface area (Å²) in [6, 6.07) is 9.96. The van der Waals surface area contributed by atoms with Gasteiger partial charge in [-0.3, -0.25) is 9.59 Å². The topological polar surface area (TPSA) is 87.3 Å². The smallest absolute Gasteiger partial charge is 0.335 e. The Morgan fingerprint density at radius 3 is 2.25 bits per heavy atom. The van der Waals surface area contributed by atoms with Gasteiger partial charge in [-0.05, 0) is 37.1 Å². The third-order valence-electron chi connectivity index (χ3n) is 5.36. The number of hydrogen-bond acceptors (Lipinski definition) is 3. The molecule has 0 aliphatic heterocycles. The quantitative estimate of drug-likeness (QED) is 0.431. The molecule has 2 aromatic rings. The first-order valence-corrected chi connectivity index (χ1v) is 10.4. The average molecular weight is 447 g/mol. The highest BCUT2D eigenvalue weighted by Gasteiger charge is 2.30. The molecule has 0 spiro atoms. The highest BCUT2D eigenvalue weighted by molar-refractivity contribution is 6.09. The number of Topliss-reactive ketones (excluding diaryl/α,β-unsaturated/α-hetero) is 1. The molecule has 0 radical (unpaired) electrons. The number of alkyl halides is 3. The van der Waals surface area contributed by atoms with Crippen molar-refractivity contribution in [3.05, 3.63) is 65.2 Å². The van der Waals surface area contributed by atoms with Crippen LogP contribution in [0.5, 0.6) is 0 Å². The highest BCUT2D eigenvalue weighted by Crippen LogP contribution is 2.30. The number of hydrogen-bond donors (Lipinski definition) is 3. The normalized spacial score (nSPS) is 14.5. The first-order chi connectivity index (χ1) is 15.3. The van der Waals surface area contributed by atoms with Gasteiger partial charge in [0.25, 0.3) is 5.91 Å². The van der Waals surface area contributed by atoms with Crippen molar-refractivity contribution in [1.82, 2.24) is 10.6 Å². The number of carbonyl (C=O) groups is 3. The molecule has 9 heteroatoms. The van der Waals surface area contributed by atoms with Crippen LogP contribution in [0.1, 0.15) is 58.4 Å². The first kappa shape index (κ1) is 23.3. The number of nitrogens with one attached hydrogen (secondary N) is 3. The zero-order chi connectivity index (χ0) is 23.1. The molecule has 3 rings (SSSR count). The summed E-state index contributed by atoms with van der Waals surface area (Å²) in [7, 11) is 0. The molecule has 3 N–H and O–H groups in total. The van der Waals surface area contributed by atoms with Crippen LogP contribution in [0.2, 0.25) is 0 Å². The molecule has 2 aromatic carbocycles. The summed E-state index contributed by atoms with van der Waals surface area (Å²) in [5.41, 5.74) is -0.344. The summed E-state index contributed by atoms with van der Waals surface area (Å²) in [5.74, 6) is -0.663. The summed E-state index contributed by atoms with van der Waals surface area (Å²) in [6.07, 6.45) is 0.203. The van der Waals surface area contributed by atoms with E-state index in [0.717, 1.165) is 44.2 Å². The monoisotopic (exact) mass is 447 g/mol. The molecule has 32 heavy (non-hydrogen) atoms. The van der Waals surface area contributed by atoms with E-state index in [1.807, 2.05) is 0 Å². The van der Waals surface area contributed by atoms with Crippen molar-refractivity contribution in [2.24, 2.45) is 5.92 Å². The average Bonchev–Trinajstić information content (AvgIpc) is 2.78. The highest BCUT2D eigenvalue weighted by atomic mass is 19.4. The summed E-state index contributed by atoms with van der Waals surface area (Å²) in [4.78, 5) is 37.4. The van der Waals surface area contributed by atoms with Crippen molar-refractivity contribution in [2.75, 3.05) is 12.0 Å². The third-order valence-corrected chi connectivity index (χ3v) is 5.36. The summed E-state index contributed by atoms with van der Waals surface area (Å²) >= 11 is 0. The summed E-state index contributed by atoms with van der Waals surface area (Å²) in [6.45, 7) is -0.268. The van der Waals surface area contributed by atoms with E-state index >= 15 is 0 Å². The van der Waals surface area contributed by atoms with Gasteiger partial charge in [-0.2, -0.15) is 13.2 Å². The molecular weight excluding hydrogens is 423 g/mol. The van der Waals surface area contributed by atoms with Crippen molar-refractivity contribution in [3.8, 4) is 0 Å². The lowest BCUT2D eigenvalue weighted by Crippen LogP contribution is -2.39. The Bertz CT molecular complexity index is 986. The lowest BCUT2D eigenvalue weighted by molar-refractivity contribution is -0.137. The number of anilines is 1. The second-order valence-electron chi connectivity index (χ2n) is 7.64. The van der Waals surface area contributed by atoms with E-state index in [4.69, 9.17) is 0 Å². The Labute approximate surface area is 183 Å². The Hall–Kier alpha value is -3.36. The fraction of sp³-hybridized carbons (Fsp3) is 0.348. The van der Waals surface area contributed by atoms with E-state index in [1.165, 1.54) is 12.1 Å². The maximum atomic E-state index is 12.9. The molecule has 1 fully saturated rings. The fourth-order valence-electron chi connectivity index (χ4n) is 3.73. The summed E-state index contributed by atoms with van der Waals surface area (Å²) < 4.78 is 38.3. The zero-order valence-corrected chi connectivity index (χ0v) is 17.3. The van der Waals surface area contributed by atoms with Crippen LogP contribution in [0.25, 0.3) is 0 Å². The molecule has 1 aliphatic carbocycles. The molecule has 0 aromatic heterocycles. The molecule has 0 bridgehead atoms. The maximum absolute atomic E-state index is 12.9. The standard InChI is InChI=1S/C23H24F3N3O3/c24-23(25,26)16-9-6-10-17(13-16)29-22(32)28-14-27-21(31)19-12-5-4-11-18(19)20(30)15-7-2-1-3-8-15/h4-6,9-13,15H,1-3,7-8,14H2,(H,27,31)(H2,28,29,32). The van der Waals surface area contributed by atoms with E-state index in [0.29, 0.717) is 5.56 Å². The van der Waals surface area contributed by atoms with Gasteiger partial charge in [0.2, 0.25) is 0 Å². The van der Waals surface area contributed by atoms with Crippen molar-refractivity contribution in [1.29, 1.82) is 0 Å². The van der Waals surface area contributed by atoms with Crippen LogP contribution in [0.15, 0.2) is 48.5 Å². The molecule has 6 nitrogen and oxygen atoms in total. The first-order valence-electron chi connectivity index (χ1n) is 10.4. The Morgan fingerprint density at radius 2 is 1.56 bits per heavy atom. The number of rotatable bonds is 6. The lowest BCUT2D eigenvalue weighted by Gasteiger charge is -2.21. The van der Waals surface area contributed by atoms with Crippen molar-refractivity contribution in [3.63, 3.8) is 0 Å². The molecule has 1 saturated carbocycles. The van der Waals surface area contributed by atoms with E-state index in [2.05, 4.69) is 16.0 Å². The van der Waals surface area contributed by atoms with Gasteiger partial charge in [-0.15, -0.1) is 0 Å². The Kier molecular flexibility index (Phi) is 7.50. The minimum Gasteiger partial charge on any atom is -0.335 e. The number of urea groups is 1. The molecule has 1 aliphatic rings. The molecule has 170 valence electrons. The Balaban J connectivity index is 1.55. The van der Waals surface area contributed by atoms with Gasteiger partial charge >= 0.3 is 12.2 Å². The SMILES string of the molecule is O=C(NCNC(=O)c1ccccc1C(=O)C1CCCCC1)Nc1cccc(C(F)(F)F)c1. The molecule has 0 unspecified atom stereocenters. The van der Waals surface area contributed by atoms with Gasteiger partial charge in [0.15, 0.2) is 5.78 Å². The van der Waals surface area contributed by atoms with Crippen molar-refractivity contribution in [2.45, 2.75) is 38.3 Å². The van der Waals surface area contributed by atoms with Crippen LogP contribution in [0.4, 0.5) is 23.7 Å². The number of carbonyl (C=O) groups excluding carboxylic acids is 3. The van der Waals surface area contributed by atoms with Crippen LogP contribution in [-0.2, 0) is 6.18 Å². The van der Waals surface area contributed by atoms with Crippen LogP contribution < -0.4 is 16.0 Å². The fourth-order valence-corrected chi connectivity index (χ4v) is 3.73. The van der Waals surface area contributed by atoms with Gasteiger partial charge in [0.1, 0.15) is 0 Å². The minimum absolute atomic E-state index is 0.0351. The number of halogens is 3. The van der Waals surface area contributed by atoms with Crippen LogP contribution >= 0.6 is 0 Å². The summed E-state index contributed by atoms with van der Waals surface area (Å²) in [5, 5.41) is 7.15. The van der Waals surface area contributed by atoms with Crippen LogP contribution in [0, 0.1) is 5.92 Å². The van der Waals surface area contributed by atoms with Gasteiger partial charge < -0.3 is 16.0 Å².